The normalized spacial score (nSPS) is 19.8. The van der Waals surface area contributed by atoms with Crippen molar-refractivity contribution >= 4 is 6.09 Å². The summed E-state index contributed by atoms with van der Waals surface area (Å²) in [6.07, 6.45) is -0.142. The van der Waals surface area contributed by atoms with Gasteiger partial charge in [0, 0.05) is 24.6 Å². The third kappa shape index (κ3) is 6.24. The number of aliphatic hydroxyl groups excluding tert-OH is 1. The Morgan fingerprint density at radius 2 is 1.81 bits per heavy atom. The molecule has 2 aromatic rings. The molecule has 1 aliphatic heterocycles. The Kier molecular flexibility index (Phi) is 7.28. The highest BCUT2D eigenvalue weighted by Crippen LogP contribution is 2.33. The summed E-state index contributed by atoms with van der Waals surface area (Å²) in [6.45, 7) is 6.59. The molecule has 2 N–H and O–H groups in total. The van der Waals surface area contributed by atoms with Crippen molar-refractivity contribution in [2.24, 2.45) is 0 Å². The van der Waals surface area contributed by atoms with E-state index in [0.29, 0.717) is 26.1 Å². The van der Waals surface area contributed by atoms with E-state index in [9.17, 15) is 18.7 Å². The smallest absolute Gasteiger partial charge is 0.407 e. The van der Waals surface area contributed by atoms with Gasteiger partial charge < -0.3 is 15.2 Å². The first kappa shape index (κ1) is 23.2. The zero-order chi connectivity index (χ0) is 22.6. The molecule has 0 bridgehead atoms. The molecule has 0 radical (unpaired) electrons. The van der Waals surface area contributed by atoms with Crippen LogP contribution in [0.1, 0.15) is 49.8 Å². The van der Waals surface area contributed by atoms with Crippen LogP contribution >= 0.6 is 0 Å². The number of likely N-dealkylation sites (tertiary alicyclic amines) is 1. The van der Waals surface area contributed by atoms with E-state index >= 15 is 0 Å². The summed E-state index contributed by atoms with van der Waals surface area (Å²) in [7, 11) is 0. The van der Waals surface area contributed by atoms with Gasteiger partial charge >= 0.3 is 6.09 Å². The largest absolute Gasteiger partial charge is 0.444 e. The number of hydrogen-bond acceptors (Lipinski definition) is 4. The molecule has 1 aliphatic rings. The Morgan fingerprint density at radius 3 is 2.39 bits per heavy atom. The van der Waals surface area contributed by atoms with Crippen LogP contribution in [0.25, 0.3) is 0 Å². The topological polar surface area (TPSA) is 61.8 Å². The third-order valence-corrected chi connectivity index (χ3v) is 5.34. The number of rotatable bonds is 5. The van der Waals surface area contributed by atoms with E-state index in [2.05, 4.69) is 10.2 Å². The second-order valence-electron chi connectivity index (χ2n) is 9.00. The highest BCUT2D eigenvalue weighted by molar-refractivity contribution is 5.68. The standard InChI is InChI=1S/C24H30F2N2O3/c1-24(2,3)31-23(30)27-21-14-28(13-16-7-5-4-6-8-16)10-9-18(21)22-19(25)11-17(15-29)12-20(22)26/h4-8,11-12,18,21,29H,9-10,13-15H2,1-3H3,(H,27,30)/t18?,21-/m0/s1. The molecule has 2 atom stereocenters. The number of aliphatic hydroxyl groups is 1. The van der Waals surface area contributed by atoms with Gasteiger partial charge in [-0.3, -0.25) is 4.90 Å². The number of carbonyl (C=O) groups is 1. The molecule has 0 saturated carbocycles. The van der Waals surface area contributed by atoms with Gasteiger partial charge in [0.25, 0.3) is 0 Å². The molecule has 168 valence electrons. The van der Waals surface area contributed by atoms with E-state index in [0.717, 1.165) is 17.7 Å². The van der Waals surface area contributed by atoms with Crippen LogP contribution in [-0.2, 0) is 17.9 Å². The Morgan fingerprint density at radius 1 is 1.16 bits per heavy atom. The number of carbonyl (C=O) groups excluding carboxylic acids is 1. The summed E-state index contributed by atoms with van der Waals surface area (Å²) >= 11 is 0. The number of halogens is 2. The maximum atomic E-state index is 14.8. The van der Waals surface area contributed by atoms with E-state index in [-0.39, 0.29) is 11.1 Å². The Hall–Kier alpha value is -2.51. The number of piperidine rings is 1. The number of nitrogens with one attached hydrogen (secondary N) is 1. The Bertz CT molecular complexity index is 876. The average Bonchev–Trinajstić information content (AvgIpc) is 2.68. The SMILES string of the molecule is CC(C)(C)OC(=O)N[C@H]1CN(Cc2ccccc2)CCC1c1c(F)cc(CO)cc1F. The second-order valence-corrected chi connectivity index (χ2v) is 9.00. The summed E-state index contributed by atoms with van der Waals surface area (Å²) in [6, 6.07) is 11.7. The number of benzene rings is 2. The van der Waals surface area contributed by atoms with Crippen LogP contribution in [0.5, 0.6) is 0 Å². The van der Waals surface area contributed by atoms with Crippen molar-refractivity contribution in [2.75, 3.05) is 13.1 Å². The van der Waals surface area contributed by atoms with E-state index in [1.165, 1.54) is 0 Å². The first-order valence-corrected chi connectivity index (χ1v) is 10.5. The van der Waals surface area contributed by atoms with Crippen LogP contribution in [0.3, 0.4) is 0 Å². The monoisotopic (exact) mass is 432 g/mol. The molecule has 1 fully saturated rings. The molecule has 1 unspecified atom stereocenters. The average molecular weight is 433 g/mol. The summed E-state index contributed by atoms with van der Waals surface area (Å²) in [5.41, 5.74) is 0.563. The number of nitrogens with zero attached hydrogens (tertiary/aromatic N) is 1. The lowest BCUT2D eigenvalue weighted by Crippen LogP contribution is -2.52. The van der Waals surface area contributed by atoms with E-state index < -0.39 is 41.9 Å². The van der Waals surface area contributed by atoms with Crippen molar-refractivity contribution in [3.8, 4) is 0 Å². The lowest BCUT2D eigenvalue weighted by Gasteiger charge is -2.39. The highest BCUT2D eigenvalue weighted by Gasteiger charge is 2.36. The molecule has 31 heavy (non-hydrogen) atoms. The second kappa shape index (κ2) is 9.75. The van der Waals surface area contributed by atoms with Crippen molar-refractivity contribution in [3.63, 3.8) is 0 Å². The van der Waals surface area contributed by atoms with Crippen LogP contribution in [-0.4, -0.2) is 40.8 Å². The van der Waals surface area contributed by atoms with Crippen molar-refractivity contribution in [2.45, 2.75) is 57.9 Å². The minimum Gasteiger partial charge on any atom is -0.444 e. The zero-order valence-corrected chi connectivity index (χ0v) is 18.2. The molecule has 7 heteroatoms. The number of hydrogen-bond donors (Lipinski definition) is 2. The summed E-state index contributed by atoms with van der Waals surface area (Å²) in [5.74, 6) is -1.96. The van der Waals surface area contributed by atoms with Gasteiger partial charge in [-0.05, 0) is 57.0 Å². The molecule has 3 rings (SSSR count). The fraction of sp³-hybridized carbons (Fsp3) is 0.458. The van der Waals surface area contributed by atoms with Gasteiger partial charge in [0.1, 0.15) is 17.2 Å². The maximum absolute atomic E-state index is 14.8. The molecule has 0 aromatic heterocycles. The summed E-state index contributed by atoms with van der Waals surface area (Å²) in [5, 5.41) is 12.1. The van der Waals surface area contributed by atoms with Crippen LogP contribution in [0.15, 0.2) is 42.5 Å². The Labute approximate surface area is 182 Å². The van der Waals surface area contributed by atoms with E-state index in [1.807, 2.05) is 30.3 Å². The summed E-state index contributed by atoms with van der Waals surface area (Å²) < 4.78 is 35.0. The first-order chi connectivity index (χ1) is 14.7. The van der Waals surface area contributed by atoms with Gasteiger partial charge in [-0.2, -0.15) is 0 Å². The molecule has 0 aliphatic carbocycles. The lowest BCUT2D eigenvalue weighted by molar-refractivity contribution is 0.0453. The molecule has 2 aromatic carbocycles. The number of amides is 1. The van der Waals surface area contributed by atoms with Crippen LogP contribution < -0.4 is 5.32 Å². The van der Waals surface area contributed by atoms with Crippen molar-refractivity contribution in [1.82, 2.24) is 10.2 Å². The first-order valence-electron chi connectivity index (χ1n) is 10.5. The highest BCUT2D eigenvalue weighted by atomic mass is 19.1. The van der Waals surface area contributed by atoms with E-state index in [1.54, 1.807) is 20.8 Å². The van der Waals surface area contributed by atoms with E-state index in [4.69, 9.17) is 4.74 Å². The molecular formula is C24H30F2N2O3. The zero-order valence-electron chi connectivity index (χ0n) is 18.2. The molecule has 1 amide bonds. The van der Waals surface area contributed by atoms with Crippen molar-refractivity contribution in [1.29, 1.82) is 0 Å². The molecule has 1 heterocycles. The van der Waals surface area contributed by atoms with Crippen LogP contribution in [0.2, 0.25) is 0 Å². The fourth-order valence-corrected chi connectivity index (χ4v) is 4.04. The van der Waals surface area contributed by atoms with Gasteiger partial charge in [-0.25, -0.2) is 13.6 Å². The quantitative estimate of drug-likeness (QED) is 0.738. The minimum absolute atomic E-state index is 0.0578. The lowest BCUT2D eigenvalue weighted by atomic mass is 9.84. The minimum atomic E-state index is -0.707. The predicted octanol–water partition coefficient (Wildman–Crippen LogP) is 4.34. The van der Waals surface area contributed by atoms with Crippen LogP contribution in [0.4, 0.5) is 13.6 Å². The van der Waals surface area contributed by atoms with Gasteiger partial charge in [0.15, 0.2) is 0 Å². The van der Waals surface area contributed by atoms with Gasteiger partial charge in [0.05, 0.1) is 12.6 Å². The molecule has 0 spiro atoms. The van der Waals surface area contributed by atoms with Gasteiger partial charge in [-0.1, -0.05) is 30.3 Å². The van der Waals surface area contributed by atoms with Crippen LogP contribution in [0, 0.1) is 11.6 Å². The predicted molar refractivity (Wildman–Crippen MR) is 115 cm³/mol. The van der Waals surface area contributed by atoms with Gasteiger partial charge in [-0.15, -0.1) is 0 Å². The van der Waals surface area contributed by atoms with Gasteiger partial charge in [0.2, 0.25) is 0 Å². The molecule has 5 nitrogen and oxygen atoms in total. The molecular weight excluding hydrogens is 402 g/mol. The number of ether oxygens (including phenoxy) is 1. The van der Waals surface area contributed by atoms with Crippen molar-refractivity contribution in [3.05, 3.63) is 70.8 Å². The Balaban J connectivity index is 1.84. The fourth-order valence-electron chi connectivity index (χ4n) is 4.04. The third-order valence-electron chi connectivity index (χ3n) is 5.34. The molecule has 1 saturated heterocycles. The number of alkyl carbamates (subject to hydrolysis) is 1. The summed E-state index contributed by atoms with van der Waals surface area (Å²) in [4.78, 5) is 14.6. The maximum Gasteiger partial charge on any atom is 0.407 e. The van der Waals surface area contributed by atoms with Crippen molar-refractivity contribution < 1.29 is 23.4 Å².